The van der Waals surface area contributed by atoms with Crippen LogP contribution in [0.2, 0.25) is 0 Å². The highest BCUT2D eigenvalue weighted by molar-refractivity contribution is 5.85. The number of carbonyl (C=O) groups is 1. The Morgan fingerprint density at radius 2 is 2.17 bits per heavy atom. The molecule has 0 atom stereocenters. The normalized spacial score (nSPS) is 10.8. The van der Waals surface area contributed by atoms with Gasteiger partial charge in [0.15, 0.2) is 0 Å². The molecule has 2 rings (SSSR count). The van der Waals surface area contributed by atoms with Gasteiger partial charge in [0.1, 0.15) is 6.54 Å². The monoisotopic (exact) mass is 245 g/mol. The van der Waals surface area contributed by atoms with Crippen LogP contribution < -0.4 is 5.73 Å². The van der Waals surface area contributed by atoms with Crippen LogP contribution in [-0.2, 0) is 17.9 Å². The molecular weight excluding hydrogens is 226 g/mol. The maximum atomic E-state index is 11.9. The van der Waals surface area contributed by atoms with Gasteiger partial charge in [-0.25, -0.2) is 0 Å². The fraction of sp³-hybridized carbons (Fsp3) is 0.357. The fourth-order valence-electron chi connectivity index (χ4n) is 2.05. The Kier molecular flexibility index (Phi) is 3.67. The molecule has 0 aliphatic rings. The first-order valence-corrected chi connectivity index (χ1v) is 6.18. The number of carbonyl (C=O) groups excluding carboxylic acids is 1. The average Bonchev–Trinajstić information content (AvgIpc) is 2.81. The van der Waals surface area contributed by atoms with Crippen LogP contribution >= 0.6 is 0 Å². The van der Waals surface area contributed by atoms with E-state index in [0.29, 0.717) is 13.1 Å². The Hall–Kier alpha value is -1.81. The van der Waals surface area contributed by atoms with E-state index >= 15 is 0 Å². The van der Waals surface area contributed by atoms with Crippen molar-refractivity contribution in [1.82, 2.24) is 9.47 Å². The first-order chi connectivity index (χ1) is 8.67. The minimum atomic E-state index is 0.119. The molecule has 0 saturated carbocycles. The van der Waals surface area contributed by atoms with Crippen molar-refractivity contribution in [2.45, 2.75) is 20.0 Å². The predicted molar refractivity (Wildman–Crippen MR) is 73.1 cm³/mol. The highest BCUT2D eigenvalue weighted by atomic mass is 16.2. The van der Waals surface area contributed by atoms with E-state index < -0.39 is 0 Å². The summed E-state index contributed by atoms with van der Waals surface area (Å²) in [6, 6.07) is 8.05. The standard InChI is InChI=1S/C14H19N3O/c1-3-16(2)14(18)10-17-8-7-12-11(9-15)5-4-6-13(12)17/h4-8H,3,9-10,15H2,1-2H3. The first kappa shape index (κ1) is 12.6. The number of likely N-dealkylation sites (N-methyl/N-ethyl adjacent to an activating group) is 1. The number of fused-ring (bicyclic) bond motifs is 1. The number of aromatic nitrogens is 1. The lowest BCUT2D eigenvalue weighted by atomic mass is 10.1. The number of nitrogens with two attached hydrogens (primary N) is 1. The van der Waals surface area contributed by atoms with Crippen molar-refractivity contribution in [2.24, 2.45) is 5.73 Å². The Balaban J connectivity index is 2.33. The Labute approximate surface area is 107 Å². The fourth-order valence-corrected chi connectivity index (χ4v) is 2.05. The molecule has 4 nitrogen and oxygen atoms in total. The quantitative estimate of drug-likeness (QED) is 0.889. The number of amides is 1. The van der Waals surface area contributed by atoms with Crippen LogP contribution in [0.4, 0.5) is 0 Å². The molecule has 0 unspecified atom stereocenters. The third-order valence-corrected chi connectivity index (χ3v) is 3.33. The zero-order valence-corrected chi connectivity index (χ0v) is 10.9. The van der Waals surface area contributed by atoms with Gasteiger partial charge in [-0.05, 0) is 24.6 Å². The maximum absolute atomic E-state index is 11.9. The van der Waals surface area contributed by atoms with E-state index in [4.69, 9.17) is 5.73 Å². The Morgan fingerprint density at radius 3 is 2.83 bits per heavy atom. The maximum Gasteiger partial charge on any atom is 0.242 e. The van der Waals surface area contributed by atoms with Crippen molar-refractivity contribution in [3.8, 4) is 0 Å². The van der Waals surface area contributed by atoms with Gasteiger partial charge in [0.05, 0.1) is 0 Å². The van der Waals surface area contributed by atoms with Gasteiger partial charge in [0.2, 0.25) is 5.91 Å². The van der Waals surface area contributed by atoms with Gasteiger partial charge in [0.25, 0.3) is 0 Å². The van der Waals surface area contributed by atoms with E-state index in [1.165, 1.54) is 0 Å². The molecule has 1 aromatic carbocycles. The van der Waals surface area contributed by atoms with Crippen LogP contribution in [-0.4, -0.2) is 29.0 Å². The number of nitrogens with zero attached hydrogens (tertiary/aromatic N) is 2. The molecule has 0 aliphatic carbocycles. The molecule has 2 N–H and O–H groups in total. The molecule has 0 bridgehead atoms. The molecule has 96 valence electrons. The van der Waals surface area contributed by atoms with E-state index in [9.17, 15) is 4.79 Å². The van der Waals surface area contributed by atoms with Crippen LogP contribution in [0.5, 0.6) is 0 Å². The van der Waals surface area contributed by atoms with Gasteiger partial charge < -0.3 is 15.2 Å². The summed E-state index contributed by atoms with van der Waals surface area (Å²) >= 11 is 0. The van der Waals surface area contributed by atoms with Gasteiger partial charge in [0, 0.05) is 37.2 Å². The zero-order chi connectivity index (χ0) is 13.1. The number of rotatable bonds is 4. The summed E-state index contributed by atoms with van der Waals surface area (Å²) in [5, 5.41) is 1.13. The largest absolute Gasteiger partial charge is 0.344 e. The summed E-state index contributed by atoms with van der Waals surface area (Å²) in [6.07, 6.45) is 1.95. The second-order valence-corrected chi connectivity index (χ2v) is 4.41. The van der Waals surface area contributed by atoms with E-state index in [-0.39, 0.29) is 5.91 Å². The minimum Gasteiger partial charge on any atom is -0.344 e. The molecular formula is C14H19N3O. The third kappa shape index (κ3) is 2.24. The molecule has 0 radical (unpaired) electrons. The number of benzene rings is 1. The average molecular weight is 245 g/mol. The first-order valence-electron chi connectivity index (χ1n) is 6.18. The van der Waals surface area contributed by atoms with E-state index in [1.54, 1.807) is 4.90 Å². The van der Waals surface area contributed by atoms with Crippen molar-refractivity contribution in [3.63, 3.8) is 0 Å². The van der Waals surface area contributed by atoms with Crippen molar-refractivity contribution in [2.75, 3.05) is 13.6 Å². The summed E-state index contributed by atoms with van der Waals surface area (Å²) in [5.74, 6) is 0.119. The molecule has 18 heavy (non-hydrogen) atoms. The smallest absolute Gasteiger partial charge is 0.242 e. The summed E-state index contributed by atoms with van der Waals surface area (Å²) in [6.45, 7) is 3.59. The number of hydrogen-bond donors (Lipinski definition) is 1. The molecule has 2 aromatic rings. The van der Waals surface area contributed by atoms with Gasteiger partial charge in [-0.2, -0.15) is 0 Å². The SMILES string of the molecule is CCN(C)C(=O)Cn1ccc2c(CN)cccc21. The molecule has 4 heteroatoms. The van der Waals surface area contributed by atoms with Crippen LogP contribution in [0.15, 0.2) is 30.5 Å². The second-order valence-electron chi connectivity index (χ2n) is 4.41. The van der Waals surface area contributed by atoms with Crippen LogP contribution in [0.1, 0.15) is 12.5 Å². The second kappa shape index (κ2) is 5.23. The lowest BCUT2D eigenvalue weighted by Gasteiger charge is -2.15. The molecule has 1 amide bonds. The van der Waals surface area contributed by atoms with Crippen molar-refractivity contribution < 1.29 is 4.79 Å². The van der Waals surface area contributed by atoms with Gasteiger partial charge in [-0.3, -0.25) is 4.79 Å². The van der Waals surface area contributed by atoms with Crippen LogP contribution in [0, 0.1) is 0 Å². The van der Waals surface area contributed by atoms with Gasteiger partial charge in [-0.15, -0.1) is 0 Å². The van der Waals surface area contributed by atoms with Crippen LogP contribution in [0.3, 0.4) is 0 Å². The third-order valence-electron chi connectivity index (χ3n) is 3.33. The summed E-state index contributed by atoms with van der Waals surface area (Å²) in [7, 11) is 1.82. The summed E-state index contributed by atoms with van der Waals surface area (Å²) < 4.78 is 1.98. The Morgan fingerprint density at radius 1 is 1.39 bits per heavy atom. The topological polar surface area (TPSA) is 51.3 Å². The van der Waals surface area contributed by atoms with E-state index in [2.05, 4.69) is 0 Å². The lowest BCUT2D eigenvalue weighted by Crippen LogP contribution is -2.29. The molecule has 0 saturated heterocycles. The zero-order valence-electron chi connectivity index (χ0n) is 10.9. The van der Waals surface area contributed by atoms with E-state index in [1.807, 2.05) is 49.0 Å². The minimum absolute atomic E-state index is 0.119. The van der Waals surface area contributed by atoms with Gasteiger partial charge >= 0.3 is 0 Å². The predicted octanol–water partition coefficient (Wildman–Crippen LogP) is 1.58. The highest BCUT2D eigenvalue weighted by Crippen LogP contribution is 2.20. The van der Waals surface area contributed by atoms with E-state index in [0.717, 1.165) is 23.0 Å². The number of hydrogen-bond acceptors (Lipinski definition) is 2. The summed E-state index contributed by atoms with van der Waals surface area (Å²) in [4.78, 5) is 13.6. The Bertz CT molecular complexity index is 559. The highest BCUT2D eigenvalue weighted by Gasteiger charge is 2.10. The molecule has 1 aromatic heterocycles. The summed E-state index contributed by atoms with van der Waals surface area (Å²) in [5.41, 5.74) is 7.89. The lowest BCUT2D eigenvalue weighted by molar-refractivity contribution is -0.130. The molecule has 0 spiro atoms. The van der Waals surface area contributed by atoms with Crippen molar-refractivity contribution >= 4 is 16.8 Å². The van der Waals surface area contributed by atoms with Crippen molar-refractivity contribution in [1.29, 1.82) is 0 Å². The molecule has 1 heterocycles. The van der Waals surface area contributed by atoms with Gasteiger partial charge in [-0.1, -0.05) is 12.1 Å². The molecule has 0 fully saturated rings. The van der Waals surface area contributed by atoms with Crippen molar-refractivity contribution in [3.05, 3.63) is 36.0 Å². The molecule has 0 aliphatic heterocycles. The van der Waals surface area contributed by atoms with Crippen LogP contribution in [0.25, 0.3) is 10.9 Å².